The van der Waals surface area contributed by atoms with Gasteiger partial charge >= 0.3 is 12.1 Å². The second-order valence-electron chi connectivity index (χ2n) is 7.64. The summed E-state index contributed by atoms with van der Waals surface area (Å²) in [6, 6.07) is 8.73. The Labute approximate surface area is 166 Å². The first-order chi connectivity index (χ1) is 13.5. The van der Waals surface area contributed by atoms with Crippen molar-refractivity contribution in [3.05, 3.63) is 36.0 Å². The fraction of sp³-hybridized carbons (Fsp3) is 0.500. The molecule has 1 aromatic heterocycles. The number of hydrogen-bond donors (Lipinski definition) is 1. The van der Waals surface area contributed by atoms with Crippen LogP contribution in [0.5, 0.6) is 5.75 Å². The smallest absolute Gasteiger partial charge is 0.482 e. The van der Waals surface area contributed by atoms with Crippen molar-refractivity contribution in [2.45, 2.75) is 44.5 Å². The van der Waals surface area contributed by atoms with Gasteiger partial charge in [0.25, 0.3) is 0 Å². The first-order valence-corrected chi connectivity index (χ1v) is 9.40. The quantitative estimate of drug-likeness (QED) is 0.766. The van der Waals surface area contributed by atoms with E-state index in [0.29, 0.717) is 6.04 Å². The van der Waals surface area contributed by atoms with Crippen LogP contribution in [0.2, 0.25) is 0 Å². The number of aromatic nitrogens is 2. The SMILES string of the molecule is CC(C)n1ncc2c1-c1ccccc1OC21CCN(C)CC1.O=C(O)C(F)(F)F. The average molecular weight is 411 g/mol. The minimum Gasteiger partial charge on any atom is -0.482 e. The van der Waals surface area contributed by atoms with E-state index >= 15 is 0 Å². The van der Waals surface area contributed by atoms with Crippen LogP contribution in [0.3, 0.4) is 0 Å². The molecule has 1 N–H and O–H groups in total. The average Bonchev–Trinajstić information content (AvgIpc) is 3.11. The molecule has 0 amide bonds. The molecule has 29 heavy (non-hydrogen) atoms. The molecule has 9 heteroatoms. The lowest BCUT2D eigenvalue weighted by Crippen LogP contribution is -2.46. The van der Waals surface area contributed by atoms with Gasteiger partial charge in [0.15, 0.2) is 0 Å². The van der Waals surface area contributed by atoms with Gasteiger partial charge in [-0.3, -0.25) is 4.68 Å². The molecule has 0 bridgehead atoms. The molecule has 0 unspecified atom stereocenters. The molecule has 0 radical (unpaired) electrons. The zero-order valence-electron chi connectivity index (χ0n) is 16.5. The Balaban J connectivity index is 0.000000298. The summed E-state index contributed by atoms with van der Waals surface area (Å²) in [6.07, 6.45) is -1.00. The molecule has 2 aliphatic rings. The fourth-order valence-electron chi connectivity index (χ4n) is 3.72. The highest BCUT2D eigenvalue weighted by Gasteiger charge is 2.45. The number of nitrogens with zero attached hydrogens (tertiary/aromatic N) is 3. The molecule has 2 aromatic rings. The lowest BCUT2D eigenvalue weighted by atomic mass is 9.81. The monoisotopic (exact) mass is 411 g/mol. The Kier molecular flexibility index (Phi) is 5.62. The van der Waals surface area contributed by atoms with Gasteiger partial charge in [0, 0.05) is 43.1 Å². The topological polar surface area (TPSA) is 67.6 Å². The van der Waals surface area contributed by atoms with Crippen molar-refractivity contribution in [3.63, 3.8) is 0 Å². The van der Waals surface area contributed by atoms with Crippen molar-refractivity contribution in [1.29, 1.82) is 0 Å². The van der Waals surface area contributed by atoms with E-state index in [9.17, 15) is 13.2 Å². The standard InChI is InChI=1S/C18H23N3O.C2HF3O2/c1-13(2)21-17-14-6-4-5-7-16(14)22-18(15(17)12-19-21)8-10-20(3)11-9-18;3-2(4,5)1(6)7/h4-7,12-13H,8-11H2,1-3H3;(H,6,7). The lowest BCUT2D eigenvalue weighted by molar-refractivity contribution is -0.192. The van der Waals surface area contributed by atoms with Crippen LogP contribution in [0, 0.1) is 0 Å². The van der Waals surface area contributed by atoms with Crippen molar-refractivity contribution < 1.29 is 27.8 Å². The fourth-order valence-corrected chi connectivity index (χ4v) is 3.72. The molecule has 0 aliphatic carbocycles. The van der Waals surface area contributed by atoms with Crippen LogP contribution >= 0.6 is 0 Å². The number of carboxylic acid groups (broad SMARTS) is 1. The number of rotatable bonds is 1. The van der Waals surface area contributed by atoms with Crippen LogP contribution in [0.1, 0.15) is 38.3 Å². The number of fused-ring (bicyclic) bond motifs is 4. The maximum absolute atomic E-state index is 10.6. The summed E-state index contributed by atoms with van der Waals surface area (Å²) in [7, 11) is 2.18. The third kappa shape index (κ3) is 4.10. The van der Waals surface area contributed by atoms with Crippen LogP contribution in [0.15, 0.2) is 30.5 Å². The highest BCUT2D eigenvalue weighted by atomic mass is 19.4. The molecule has 1 saturated heterocycles. The minimum absolute atomic E-state index is 0.205. The maximum Gasteiger partial charge on any atom is 0.490 e. The van der Waals surface area contributed by atoms with E-state index in [4.69, 9.17) is 14.6 Å². The summed E-state index contributed by atoms with van der Waals surface area (Å²) in [4.78, 5) is 11.3. The summed E-state index contributed by atoms with van der Waals surface area (Å²) in [6.45, 7) is 6.50. The van der Waals surface area contributed by atoms with Crippen molar-refractivity contribution in [3.8, 4) is 17.0 Å². The van der Waals surface area contributed by atoms with Crippen molar-refractivity contribution in [1.82, 2.24) is 14.7 Å². The third-order valence-electron chi connectivity index (χ3n) is 5.26. The normalized spacial score (nSPS) is 17.8. The van der Waals surface area contributed by atoms with Gasteiger partial charge in [-0.2, -0.15) is 18.3 Å². The Morgan fingerprint density at radius 2 is 1.83 bits per heavy atom. The largest absolute Gasteiger partial charge is 0.490 e. The van der Waals surface area contributed by atoms with E-state index in [-0.39, 0.29) is 5.60 Å². The van der Waals surface area contributed by atoms with E-state index in [1.54, 1.807) is 0 Å². The number of aliphatic carboxylic acids is 1. The predicted molar refractivity (Wildman–Crippen MR) is 101 cm³/mol. The van der Waals surface area contributed by atoms with E-state index < -0.39 is 12.1 Å². The number of alkyl halides is 3. The molecule has 1 spiro atoms. The van der Waals surface area contributed by atoms with Gasteiger partial charge in [-0.15, -0.1) is 0 Å². The van der Waals surface area contributed by atoms with Crippen molar-refractivity contribution in [2.24, 2.45) is 0 Å². The Bertz CT molecular complexity index is 885. The molecule has 1 fully saturated rings. The van der Waals surface area contributed by atoms with Crippen LogP contribution in [0.4, 0.5) is 13.2 Å². The Morgan fingerprint density at radius 3 is 2.38 bits per heavy atom. The first kappa shape index (κ1) is 21.2. The lowest BCUT2D eigenvalue weighted by Gasteiger charge is -2.43. The van der Waals surface area contributed by atoms with Gasteiger partial charge < -0.3 is 14.7 Å². The van der Waals surface area contributed by atoms with Crippen molar-refractivity contribution >= 4 is 5.97 Å². The van der Waals surface area contributed by atoms with Crippen LogP contribution in [-0.2, 0) is 10.4 Å². The molecule has 0 atom stereocenters. The summed E-state index contributed by atoms with van der Waals surface area (Å²) in [5.74, 6) is -1.76. The number of piperidine rings is 1. The van der Waals surface area contributed by atoms with Gasteiger partial charge in [0.2, 0.25) is 0 Å². The number of halogens is 3. The minimum atomic E-state index is -5.08. The van der Waals surface area contributed by atoms with Crippen LogP contribution in [0.25, 0.3) is 11.3 Å². The van der Waals surface area contributed by atoms with Crippen LogP contribution < -0.4 is 4.74 Å². The van der Waals surface area contributed by atoms with E-state index in [1.165, 1.54) is 16.8 Å². The number of para-hydroxylation sites is 1. The second-order valence-corrected chi connectivity index (χ2v) is 7.64. The van der Waals surface area contributed by atoms with E-state index in [0.717, 1.165) is 31.7 Å². The summed E-state index contributed by atoms with van der Waals surface area (Å²) in [5, 5.41) is 11.8. The molecule has 158 valence electrons. The van der Waals surface area contributed by atoms with Gasteiger partial charge in [0.05, 0.1) is 11.9 Å². The number of hydrogen-bond acceptors (Lipinski definition) is 4. The number of benzene rings is 1. The summed E-state index contributed by atoms with van der Waals surface area (Å²) >= 11 is 0. The molecule has 0 saturated carbocycles. The number of ether oxygens (including phenoxy) is 1. The molecule has 3 heterocycles. The predicted octanol–water partition coefficient (Wildman–Crippen LogP) is 4.08. The highest BCUT2D eigenvalue weighted by Crippen LogP contribution is 2.49. The molecule has 6 nitrogen and oxygen atoms in total. The van der Waals surface area contributed by atoms with Gasteiger partial charge in [0.1, 0.15) is 11.4 Å². The second kappa shape index (κ2) is 7.70. The number of carboxylic acids is 1. The molecule has 2 aliphatic heterocycles. The first-order valence-electron chi connectivity index (χ1n) is 9.40. The van der Waals surface area contributed by atoms with Crippen molar-refractivity contribution in [2.75, 3.05) is 20.1 Å². The summed E-state index contributed by atoms with van der Waals surface area (Å²) < 4.78 is 40.4. The maximum atomic E-state index is 10.6. The van der Waals surface area contributed by atoms with E-state index in [1.807, 2.05) is 6.20 Å². The molecule has 4 rings (SSSR count). The molecular formula is C20H24F3N3O3. The highest BCUT2D eigenvalue weighted by molar-refractivity contribution is 5.74. The Morgan fingerprint density at radius 1 is 1.24 bits per heavy atom. The molecular weight excluding hydrogens is 387 g/mol. The van der Waals surface area contributed by atoms with Gasteiger partial charge in [-0.05, 0) is 33.0 Å². The number of likely N-dealkylation sites (tertiary alicyclic amines) is 1. The third-order valence-corrected chi connectivity index (χ3v) is 5.26. The number of carbonyl (C=O) groups is 1. The zero-order valence-corrected chi connectivity index (χ0v) is 16.5. The molecule has 1 aromatic carbocycles. The van der Waals surface area contributed by atoms with Gasteiger partial charge in [-0.1, -0.05) is 12.1 Å². The summed E-state index contributed by atoms with van der Waals surface area (Å²) in [5.41, 5.74) is 3.49. The van der Waals surface area contributed by atoms with Gasteiger partial charge in [-0.25, -0.2) is 4.79 Å². The van der Waals surface area contributed by atoms with Crippen LogP contribution in [-0.4, -0.2) is 52.1 Å². The zero-order chi connectivity index (χ0) is 21.4. The van der Waals surface area contributed by atoms with E-state index in [2.05, 4.69) is 59.8 Å². The Hall–Kier alpha value is -2.55.